The lowest BCUT2D eigenvalue weighted by molar-refractivity contribution is 0.102. The second-order valence-electron chi connectivity index (χ2n) is 14.6. The zero-order valence-electron chi connectivity index (χ0n) is 32.2. The van der Waals surface area contributed by atoms with Crippen LogP contribution in [0.3, 0.4) is 0 Å². The Kier molecular flexibility index (Phi) is 8.99. The zero-order valence-corrected chi connectivity index (χ0v) is 33.9. The van der Waals surface area contributed by atoms with Gasteiger partial charge < -0.3 is 9.13 Å². The van der Waals surface area contributed by atoms with Crippen molar-refractivity contribution in [2.45, 2.75) is 37.5 Å². The van der Waals surface area contributed by atoms with Crippen molar-refractivity contribution in [2.75, 3.05) is 12.5 Å². The zero-order chi connectivity index (χ0) is 38.8. The van der Waals surface area contributed by atoms with E-state index in [1.54, 1.807) is 23.5 Å². The van der Waals surface area contributed by atoms with E-state index in [0.29, 0.717) is 11.1 Å². The highest BCUT2D eigenvalue weighted by molar-refractivity contribution is 7.98. The van der Waals surface area contributed by atoms with Crippen LogP contribution >= 0.6 is 23.5 Å². The Bertz CT molecular complexity index is 3050. The number of hydrogen-bond acceptors (Lipinski definition) is 4. The first kappa shape index (κ1) is 35.9. The summed E-state index contributed by atoms with van der Waals surface area (Å²) < 4.78 is 4.73. The molecule has 9 aromatic rings. The Labute approximate surface area is 335 Å². The molecule has 6 heteroatoms. The van der Waals surface area contributed by atoms with Crippen molar-refractivity contribution in [1.29, 1.82) is 0 Å². The van der Waals surface area contributed by atoms with Crippen molar-refractivity contribution in [3.05, 3.63) is 178 Å². The third kappa shape index (κ3) is 5.70. The number of thioether (sulfide) groups is 2. The highest BCUT2D eigenvalue weighted by Crippen LogP contribution is 2.43. The van der Waals surface area contributed by atoms with E-state index >= 15 is 0 Å². The first-order valence-corrected chi connectivity index (χ1v) is 21.2. The summed E-state index contributed by atoms with van der Waals surface area (Å²) in [6, 6.07) is 46.1. The van der Waals surface area contributed by atoms with E-state index < -0.39 is 0 Å². The van der Waals surface area contributed by atoms with Gasteiger partial charge in [-0.15, -0.1) is 23.5 Å². The van der Waals surface area contributed by atoms with Crippen LogP contribution in [-0.2, 0) is 0 Å². The molecule has 0 N–H and O–H groups in total. The first-order chi connectivity index (χ1) is 27.2. The van der Waals surface area contributed by atoms with Gasteiger partial charge in [-0.05, 0) is 129 Å². The van der Waals surface area contributed by atoms with Gasteiger partial charge in [0.25, 0.3) is 0 Å². The van der Waals surface area contributed by atoms with Crippen molar-refractivity contribution < 1.29 is 9.59 Å². The SMILES string of the molecule is CSc1cccc(C(=O)c2c(C)cc(-n3c4ccccc4c4c3ccc3c5ccccc5n(-c5cc(C)c(C(=O)c6cccc(SC)c6)c(C)c5)c34)cc2C)c1. The summed E-state index contributed by atoms with van der Waals surface area (Å²) >= 11 is 3.28. The number of aryl methyl sites for hydroxylation is 4. The van der Waals surface area contributed by atoms with Crippen LogP contribution in [0.25, 0.3) is 55.0 Å². The van der Waals surface area contributed by atoms with Crippen molar-refractivity contribution in [2.24, 2.45) is 0 Å². The molecule has 0 unspecified atom stereocenters. The van der Waals surface area contributed by atoms with E-state index in [9.17, 15) is 9.59 Å². The summed E-state index contributed by atoms with van der Waals surface area (Å²) in [6.07, 6.45) is 4.06. The van der Waals surface area contributed by atoms with Gasteiger partial charge in [0.15, 0.2) is 11.6 Å². The summed E-state index contributed by atoms with van der Waals surface area (Å²) in [5.41, 5.74) is 13.1. The molecule has 7 aromatic carbocycles. The van der Waals surface area contributed by atoms with E-state index in [2.05, 4.69) is 108 Å². The van der Waals surface area contributed by atoms with Crippen LogP contribution in [0.15, 0.2) is 143 Å². The monoisotopic (exact) mass is 764 g/mol. The van der Waals surface area contributed by atoms with Crippen LogP contribution in [0, 0.1) is 27.7 Å². The normalized spacial score (nSPS) is 11.7. The molecular formula is C50H40N2O2S2. The molecule has 0 saturated heterocycles. The van der Waals surface area contributed by atoms with Gasteiger partial charge in [0, 0.05) is 65.0 Å². The molecule has 2 heterocycles. The largest absolute Gasteiger partial charge is 0.309 e. The quantitative estimate of drug-likeness (QED) is 0.114. The molecule has 0 radical (unpaired) electrons. The van der Waals surface area contributed by atoms with Gasteiger partial charge in [-0.2, -0.15) is 0 Å². The molecule has 0 aliphatic carbocycles. The minimum absolute atomic E-state index is 0.0434. The smallest absolute Gasteiger partial charge is 0.193 e. The molecule has 0 spiro atoms. The number of fused-ring (bicyclic) bond motifs is 7. The molecule has 0 atom stereocenters. The summed E-state index contributed by atoms with van der Waals surface area (Å²) in [7, 11) is 0. The first-order valence-electron chi connectivity index (χ1n) is 18.7. The van der Waals surface area contributed by atoms with Crippen molar-refractivity contribution >= 4 is 78.7 Å². The summed E-state index contributed by atoms with van der Waals surface area (Å²) in [4.78, 5) is 30.1. The molecule has 0 amide bonds. The lowest BCUT2D eigenvalue weighted by atomic mass is 9.94. The average molecular weight is 765 g/mol. The molecule has 2 aromatic heterocycles. The molecule has 0 aliphatic heterocycles. The van der Waals surface area contributed by atoms with Gasteiger partial charge >= 0.3 is 0 Å². The predicted octanol–water partition coefficient (Wildman–Crippen LogP) is 13.0. The van der Waals surface area contributed by atoms with Crippen molar-refractivity contribution in [1.82, 2.24) is 9.13 Å². The number of hydrogen-bond donors (Lipinski definition) is 0. The number of carbonyl (C=O) groups excluding carboxylic acids is 2. The van der Waals surface area contributed by atoms with Crippen LogP contribution in [0.5, 0.6) is 0 Å². The van der Waals surface area contributed by atoms with Crippen LogP contribution in [0.4, 0.5) is 0 Å². The molecular weight excluding hydrogens is 725 g/mol. The van der Waals surface area contributed by atoms with E-state index in [-0.39, 0.29) is 11.6 Å². The fraction of sp³-hybridized carbons (Fsp3) is 0.120. The molecule has 0 fully saturated rings. The minimum atomic E-state index is 0.0434. The second-order valence-corrected chi connectivity index (χ2v) is 16.4. The van der Waals surface area contributed by atoms with Crippen molar-refractivity contribution in [3.63, 3.8) is 0 Å². The predicted molar refractivity (Wildman–Crippen MR) is 237 cm³/mol. The van der Waals surface area contributed by atoms with E-state index in [1.165, 1.54) is 10.8 Å². The molecule has 0 saturated carbocycles. The van der Waals surface area contributed by atoms with E-state index in [1.807, 2.05) is 74.9 Å². The number of aromatic nitrogens is 2. The Morgan fingerprint density at radius 1 is 0.446 bits per heavy atom. The molecule has 56 heavy (non-hydrogen) atoms. The van der Waals surface area contributed by atoms with Crippen LogP contribution in [-0.4, -0.2) is 33.2 Å². The van der Waals surface area contributed by atoms with Crippen molar-refractivity contribution in [3.8, 4) is 11.4 Å². The number of rotatable bonds is 8. The third-order valence-corrected chi connectivity index (χ3v) is 12.6. The lowest BCUT2D eigenvalue weighted by Gasteiger charge is -2.16. The Morgan fingerprint density at radius 3 is 1.43 bits per heavy atom. The van der Waals surface area contributed by atoms with Gasteiger partial charge in [0.2, 0.25) is 0 Å². The second kappa shape index (κ2) is 14.0. The third-order valence-electron chi connectivity index (χ3n) is 11.1. The Morgan fingerprint density at radius 2 is 0.911 bits per heavy atom. The van der Waals surface area contributed by atoms with Gasteiger partial charge in [-0.1, -0.05) is 66.7 Å². The molecule has 0 bridgehead atoms. The fourth-order valence-electron chi connectivity index (χ4n) is 8.73. The van der Waals surface area contributed by atoms with Gasteiger partial charge in [0.05, 0.1) is 22.1 Å². The number of nitrogens with zero attached hydrogens (tertiary/aromatic N) is 2. The summed E-state index contributed by atoms with van der Waals surface area (Å²) in [6.45, 7) is 8.20. The highest BCUT2D eigenvalue weighted by atomic mass is 32.2. The van der Waals surface area contributed by atoms with Crippen LogP contribution in [0.1, 0.15) is 54.1 Å². The minimum Gasteiger partial charge on any atom is -0.309 e. The van der Waals surface area contributed by atoms with E-state index in [4.69, 9.17) is 0 Å². The highest BCUT2D eigenvalue weighted by Gasteiger charge is 2.24. The summed E-state index contributed by atoms with van der Waals surface area (Å²) in [5, 5.41) is 4.64. The Balaban J connectivity index is 1.27. The number of carbonyl (C=O) groups is 2. The number of para-hydroxylation sites is 2. The summed E-state index contributed by atoms with van der Waals surface area (Å²) in [5.74, 6) is 0.0876. The Hall–Kier alpha value is -5.82. The fourth-order valence-corrected chi connectivity index (χ4v) is 9.65. The molecule has 4 nitrogen and oxygen atoms in total. The number of benzene rings is 7. The maximum Gasteiger partial charge on any atom is 0.193 e. The number of ketones is 2. The van der Waals surface area contributed by atoms with Crippen LogP contribution < -0.4 is 0 Å². The topological polar surface area (TPSA) is 44.0 Å². The van der Waals surface area contributed by atoms with Gasteiger partial charge in [-0.3, -0.25) is 9.59 Å². The average Bonchev–Trinajstić information content (AvgIpc) is 3.73. The molecule has 274 valence electrons. The maximum absolute atomic E-state index is 14.0. The molecule has 0 aliphatic rings. The standard InChI is InChI=1S/C50H40N2O2S2/c1-29-23-35(24-30(2)45(29)49(53)33-13-11-15-37(27-33)55-5)51-43-20-10-8-18-41(43)47-44(51)22-21-40-39-17-7-9-19-42(39)52(48(40)47)36-25-31(3)46(32(4)26-36)50(54)34-14-12-16-38(28-34)56-6/h7-28H,1-6H3. The maximum atomic E-state index is 14.0. The lowest BCUT2D eigenvalue weighted by Crippen LogP contribution is -2.08. The van der Waals surface area contributed by atoms with E-state index in [0.717, 1.165) is 87.4 Å². The van der Waals surface area contributed by atoms with Crippen LogP contribution in [0.2, 0.25) is 0 Å². The van der Waals surface area contributed by atoms with Gasteiger partial charge in [-0.25, -0.2) is 0 Å². The van der Waals surface area contributed by atoms with Gasteiger partial charge in [0.1, 0.15) is 0 Å². The molecule has 9 rings (SSSR count).